The monoisotopic (exact) mass is 179 g/mol. The van der Waals surface area contributed by atoms with Crippen LogP contribution in [0.3, 0.4) is 0 Å². The number of nitrogens with one attached hydrogen (secondary N) is 1. The lowest BCUT2D eigenvalue weighted by Crippen LogP contribution is -2.03. The van der Waals surface area contributed by atoms with Gasteiger partial charge in [-0.1, -0.05) is 13.3 Å². The molecule has 1 rings (SSSR count). The maximum absolute atomic E-state index is 4.10. The molecule has 0 fully saturated rings. The summed E-state index contributed by atoms with van der Waals surface area (Å²) in [4.78, 5) is 0. The summed E-state index contributed by atoms with van der Waals surface area (Å²) in [7, 11) is 0. The topological polar surface area (TPSA) is 37.8 Å². The van der Waals surface area contributed by atoms with Gasteiger partial charge in [-0.25, -0.2) is 0 Å². The number of aryl methyl sites for hydroxylation is 2. The van der Waals surface area contributed by atoms with Crippen LogP contribution >= 0.6 is 0 Å². The van der Waals surface area contributed by atoms with Crippen LogP contribution in [0.5, 0.6) is 0 Å². The molecule has 0 saturated heterocycles. The van der Waals surface area contributed by atoms with Crippen LogP contribution in [-0.2, 0) is 6.42 Å². The second-order valence-electron chi connectivity index (χ2n) is 3.12. The lowest BCUT2D eigenvalue weighted by atomic mass is 10.1. The third kappa shape index (κ3) is 2.68. The zero-order valence-electron chi connectivity index (χ0n) is 8.59. The van der Waals surface area contributed by atoms with E-state index in [-0.39, 0.29) is 0 Å². The van der Waals surface area contributed by atoms with Gasteiger partial charge < -0.3 is 5.32 Å². The molecule has 3 heteroatoms. The Morgan fingerprint density at radius 3 is 2.69 bits per heavy atom. The van der Waals surface area contributed by atoms with Gasteiger partial charge in [0.15, 0.2) is 0 Å². The van der Waals surface area contributed by atoms with Crippen LogP contribution in [0.1, 0.15) is 31.5 Å². The van der Waals surface area contributed by atoms with Gasteiger partial charge in [0.25, 0.3) is 0 Å². The predicted octanol–water partition coefficient (Wildman–Crippen LogP) is 2.17. The van der Waals surface area contributed by atoms with Gasteiger partial charge >= 0.3 is 0 Å². The van der Waals surface area contributed by atoms with Crippen molar-refractivity contribution in [2.24, 2.45) is 0 Å². The Kier molecular flexibility index (Phi) is 3.68. The predicted molar refractivity (Wildman–Crippen MR) is 54.9 cm³/mol. The molecular formula is C10H17N3. The fourth-order valence-electron chi connectivity index (χ4n) is 1.28. The molecule has 72 valence electrons. The van der Waals surface area contributed by atoms with Crippen molar-refractivity contribution in [2.45, 2.75) is 33.6 Å². The van der Waals surface area contributed by atoms with E-state index < -0.39 is 0 Å². The average Bonchev–Trinajstić information content (AvgIpc) is 2.12. The number of anilines is 1. The van der Waals surface area contributed by atoms with Gasteiger partial charge in [0.2, 0.25) is 0 Å². The third-order valence-corrected chi connectivity index (χ3v) is 1.96. The molecule has 0 amide bonds. The van der Waals surface area contributed by atoms with E-state index in [4.69, 9.17) is 0 Å². The highest BCUT2D eigenvalue weighted by Gasteiger charge is 2.01. The number of nitrogens with zero attached hydrogens (tertiary/aromatic N) is 2. The van der Waals surface area contributed by atoms with Crippen molar-refractivity contribution in [1.82, 2.24) is 10.2 Å². The summed E-state index contributed by atoms with van der Waals surface area (Å²) < 4.78 is 0. The first kappa shape index (κ1) is 9.96. The van der Waals surface area contributed by atoms with Gasteiger partial charge in [-0.05, 0) is 31.9 Å². The molecule has 0 bridgehead atoms. The summed E-state index contributed by atoms with van der Waals surface area (Å²) in [6, 6.07) is 2.09. The first-order chi connectivity index (χ1) is 6.27. The van der Waals surface area contributed by atoms with E-state index in [0.29, 0.717) is 0 Å². The van der Waals surface area contributed by atoms with E-state index >= 15 is 0 Å². The van der Waals surface area contributed by atoms with E-state index in [9.17, 15) is 0 Å². The summed E-state index contributed by atoms with van der Waals surface area (Å²) in [5.41, 5.74) is 2.34. The molecule has 0 unspecified atom stereocenters. The Balaban J connectivity index is 2.83. The molecule has 13 heavy (non-hydrogen) atoms. The van der Waals surface area contributed by atoms with Crippen LogP contribution in [-0.4, -0.2) is 16.7 Å². The lowest BCUT2D eigenvalue weighted by Gasteiger charge is -2.06. The Bertz CT molecular complexity index is 271. The van der Waals surface area contributed by atoms with Gasteiger partial charge in [-0.15, -0.1) is 5.10 Å². The van der Waals surface area contributed by atoms with Crippen LogP contribution in [0.15, 0.2) is 6.07 Å². The smallest absolute Gasteiger partial charge is 0.148 e. The van der Waals surface area contributed by atoms with Crippen molar-refractivity contribution in [1.29, 1.82) is 0 Å². The van der Waals surface area contributed by atoms with Crippen molar-refractivity contribution in [3.63, 3.8) is 0 Å². The highest BCUT2D eigenvalue weighted by Crippen LogP contribution is 2.11. The van der Waals surface area contributed by atoms with Crippen molar-refractivity contribution in [3.8, 4) is 0 Å². The molecule has 0 aliphatic carbocycles. The van der Waals surface area contributed by atoms with Gasteiger partial charge in [0.05, 0.1) is 5.69 Å². The van der Waals surface area contributed by atoms with Crippen LogP contribution in [0.25, 0.3) is 0 Å². The summed E-state index contributed by atoms with van der Waals surface area (Å²) in [6.07, 6.45) is 2.23. The fraction of sp³-hybridized carbons (Fsp3) is 0.600. The minimum absolute atomic E-state index is 0.886. The second-order valence-corrected chi connectivity index (χ2v) is 3.12. The Morgan fingerprint density at radius 1 is 1.31 bits per heavy atom. The van der Waals surface area contributed by atoms with Crippen LogP contribution in [0, 0.1) is 6.92 Å². The van der Waals surface area contributed by atoms with Crippen LogP contribution < -0.4 is 5.32 Å². The quantitative estimate of drug-likeness (QED) is 0.769. The van der Waals surface area contributed by atoms with Gasteiger partial charge in [0, 0.05) is 6.54 Å². The van der Waals surface area contributed by atoms with Crippen molar-refractivity contribution >= 4 is 5.82 Å². The molecule has 3 nitrogen and oxygen atoms in total. The van der Waals surface area contributed by atoms with Crippen LogP contribution in [0.2, 0.25) is 0 Å². The zero-order valence-corrected chi connectivity index (χ0v) is 8.59. The summed E-state index contributed by atoms with van der Waals surface area (Å²) >= 11 is 0. The van der Waals surface area contributed by atoms with E-state index in [1.807, 2.05) is 6.92 Å². The SMILES string of the molecule is CCCc1cc(NCC)nnc1C. The number of aromatic nitrogens is 2. The average molecular weight is 179 g/mol. The van der Waals surface area contributed by atoms with Gasteiger partial charge in [0.1, 0.15) is 5.82 Å². The number of hydrogen-bond acceptors (Lipinski definition) is 3. The third-order valence-electron chi connectivity index (χ3n) is 1.96. The van der Waals surface area contributed by atoms with Crippen LogP contribution in [0.4, 0.5) is 5.82 Å². The molecule has 0 aliphatic rings. The van der Waals surface area contributed by atoms with E-state index in [1.165, 1.54) is 5.56 Å². The largest absolute Gasteiger partial charge is 0.369 e. The fourth-order valence-corrected chi connectivity index (χ4v) is 1.28. The Labute approximate surface area is 79.6 Å². The Hall–Kier alpha value is -1.12. The summed E-state index contributed by atoms with van der Waals surface area (Å²) in [6.45, 7) is 7.13. The lowest BCUT2D eigenvalue weighted by molar-refractivity contribution is 0.866. The molecule has 0 radical (unpaired) electrons. The molecule has 0 saturated carbocycles. The summed E-state index contributed by atoms with van der Waals surface area (Å²) in [5.74, 6) is 0.886. The van der Waals surface area contributed by atoms with E-state index in [1.54, 1.807) is 0 Å². The first-order valence-electron chi connectivity index (χ1n) is 4.85. The highest BCUT2D eigenvalue weighted by atomic mass is 15.2. The van der Waals surface area contributed by atoms with Crippen molar-refractivity contribution in [3.05, 3.63) is 17.3 Å². The first-order valence-corrected chi connectivity index (χ1v) is 4.85. The maximum Gasteiger partial charge on any atom is 0.148 e. The highest BCUT2D eigenvalue weighted by molar-refractivity contribution is 5.37. The number of hydrogen-bond donors (Lipinski definition) is 1. The molecule has 0 aliphatic heterocycles. The molecule has 0 spiro atoms. The van der Waals surface area contributed by atoms with Gasteiger partial charge in [-0.2, -0.15) is 5.10 Å². The summed E-state index contributed by atoms with van der Waals surface area (Å²) in [5, 5.41) is 11.3. The minimum atomic E-state index is 0.886. The molecule has 1 N–H and O–H groups in total. The maximum atomic E-state index is 4.10. The molecule has 1 aromatic rings. The molecule has 0 aromatic carbocycles. The van der Waals surface area contributed by atoms with Gasteiger partial charge in [-0.3, -0.25) is 0 Å². The standard InChI is InChI=1S/C10H17N3/c1-4-6-9-7-10(11-5-2)13-12-8(9)3/h7H,4-6H2,1-3H3,(H,11,13). The molecule has 0 atom stereocenters. The number of rotatable bonds is 4. The Morgan fingerprint density at radius 2 is 2.08 bits per heavy atom. The second kappa shape index (κ2) is 4.80. The van der Waals surface area contributed by atoms with E-state index in [2.05, 4.69) is 35.4 Å². The molecule has 1 aromatic heterocycles. The zero-order chi connectivity index (χ0) is 9.68. The molecular weight excluding hydrogens is 162 g/mol. The molecule has 1 heterocycles. The minimum Gasteiger partial charge on any atom is -0.369 e. The van der Waals surface area contributed by atoms with Crippen molar-refractivity contribution in [2.75, 3.05) is 11.9 Å². The van der Waals surface area contributed by atoms with Crippen molar-refractivity contribution < 1.29 is 0 Å². The van der Waals surface area contributed by atoms with E-state index in [0.717, 1.165) is 30.9 Å². The normalized spacial score (nSPS) is 10.1.